The van der Waals surface area contributed by atoms with E-state index in [0.717, 1.165) is 43.9 Å². The molecule has 0 amide bonds. The molecule has 0 aromatic heterocycles. The van der Waals surface area contributed by atoms with Crippen LogP contribution in [0.25, 0.3) is 0 Å². The third kappa shape index (κ3) is 5.32. The molecule has 0 aromatic carbocycles. The summed E-state index contributed by atoms with van der Waals surface area (Å²) in [6, 6.07) is -0.629. The zero-order valence-electron chi connectivity index (χ0n) is 23.8. The first kappa shape index (κ1) is 29.1. The van der Waals surface area contributed by atoms with Gasteiger partial charge in [0.2, 0.25) is 0 Å². The Morgan fingerprint density at radius 3 is 2.32 bits per heavy atom. The highest BCUT2D eigenvalue weighted by Gasteiger charge is 2.61. The molecule has 4 saturated carbocycles. The lowest BCUT2D eigenvalue weighted by molar-refractivity contribution is -0.169. The molecule has 2 N–H and O–H groups in total. The SMILES string of the molecule is CCC(C)[C@H](CC(=O)[C@@H](N)CS)C(=O)O[C@@H]1CC[C@@]2(C)[C@@H](CC[C@@H]3[C@@H]2CC[C@]2(C)[C@@H](C(C)=O)CC[C@@H]32)C1. The first-order chi connectivity index (χ1) is 17.5. The normalized spacial score (nSPS) is 41.5. The Morgan fingerprint density at radius 1 is 1.00 bits per heavy atom. The zero-order chi connectivity index (χ0) is 27.1. The van der Waals surface area contributed by atoms with Crippen molar-refractivity contribution in [1.82, 2.24) is 0 Å². The second-order valence-corrected chi connectivity index (χ2v) is 14.1. The molecule has 0 saturated heterocycles. The van der Waals surface area contributed by atoms with Gasteiger partial charge in [0, 0.05) is 18.1 Å². The van der Waals surface area contributed by atoms with Gasteiger partial charge in [-0.05, 0) is 105 Å². The predicted molar refractivity (Wildman–Crippen MR) is 150 cm³/mol. The second kappa shape index (κ2) is 11.3. The molecule has 4 aliphatic rings. The molecular weight excluding hydrogens is 482 g/mol. The van der Waals surface area contributed by atoms with Crippen molar-refractivity contribution in [3.8, 4) is 0 Å². The Bertz CT molecular complexity index is 877. The van der Waals surface area contributed by atoms with Crippen molar-refractivity contribution in [2.24, 2.45) is 58.0 Å². The van der Waals surface area contributed by atoms with Gasteiger partial charge in [-0.3, -0.25) is 14.4 Å². The van der Waals surface area contributed by atoms with E-state index in [-0.39, 0.29) is 41.5 Å². The van der Waals surface area contributed by atoms with Crippen LogP contribution in [0.15, 0.2) is 0 Å². The van der Waals surface area contributed by atoms with E-state index >= 15 is 0 Å². The summed E-state index contributed by atoms with van der Waals surface area (Å²) in [6.45, 7) is 10.8. The van der Waals surface area contributed by atoms with Crippen LogP contribution in [0.5, 0.6) is 0 Å². The minimum atomic E-state index is -0.629. The van der Waals surface area contributed by atoms with Crippen LogP contribution < -0.4 is 5.73 Å². The summed E-state index contributed by atoms with van der Waals surface area (Å²) in [7, 11) is 0. The van der Waals surface area contributed by atoms with E-state index in [0.29, 0.717) is 28.8 Å². The molecule has 4 aliphatic carbocycles. The fourth-order valence-electron chi connectivity index (χ4n) is 9.52. The van der Waals surface area contributed by atoms with Crippen LogP contribution in [-0.2, 0) is 19.1 Å². The van der Waals surface area contributed by atoms with E-state index in [1.54, 1.807) is 0 Å². The van der Waals surface area contributed by atoms with Gasteiger partial charge in [-0.1, -0.05) is 34.1 Å². The Morgan fingerprint density at radius 2 is 1.68 bits per heavy atom. The van der Waals surface area contributed by atoms with Crippen LogP contribution in [-0.4, -0.2) is 35.4 Å². The molecule has 0 heterocycles. The first-order valence-electron chi connectivity index (χ1n) is 15.1. The van der Waals surface area contributed by atoms with Crippen molar-refractivity contribution in [2.45, 2.75) is 117 Å². The Hall–Kier alpha value is -0.880. The number of rotatable bonds is 9. The predicted octanol–water partition coefficient (Wildman–Crippen LogP) is 6.02. The number of hydrogen-bond donors (Lipinski definition) is 2. The fraction of sp³-hybridized carbons (Fsp3) is 0.903. The molecule has 37 heavy (non-hydrogen) atoms. The van der Waals surface area contributed by atoms with Crippen molar-refractivity contribution < 1.29 is 19.1 Å². The number of carbonyl (C=O) groups is 3. The summed E-state index contributed by atoms with van der Waals surface area (Å²) in [4.78, 5) is 38.3. The van der Waals surface area contributed by atoms with Crippen molar-refractivity contribution in [1.29, 1.82) is 0 Å². The average Bonchev–Trinajstić information content (AvgIpc) is 3.23. The van der Waals surface area contributed by atoms with E-state index in [4.69, 9.17) is 10.5 Å². The van der Waals surface area contributed by atoms with Gasteiger partial charge >= 0.3 is 5.97 Å². The number of ketones is 2. The van der Waals surface area contributed by atoms with Gasteiger partial charge in [0.25, 0.3) is 0 Å². The standard InChI is InChI=1S/C31H51NO4S/c1-6-18(2)23(16-28(34)27(32)17-37)29(35)36-21-11-13-30(4)20(15-21)7-8-22-25-10-9-24(19(3)33)31(25,5)14-12-26(22)30/h18,20-27,37H,6-17,32H2,1-5H3/t18?,20-,21+,22-,23-,24+,25-,26-,27-,30-,31+/m0/s1. The van der Waals surface area contributed by atoms with Crippen LogP contribution in [0.4, 0.5) is 0 Å². The Labute approximate surface area is 230 Å². The van der Waals surface area contributed by atoms with Crippen LogP contribution in [0.1, 0.15) is 105 Å². The maximum absolute atomic E-state index is 13.3. The number of nitrogens with two attached hydrogens (primary N) is 1. The minimum Gasteiger partial charge on any atom is -0.462 e. The number of esters is 1. The average molecular weight is 534 g/mol. The van der Waals surface area contributed by atoms with E-state index < -0.39 is 12.0 Å². The van der Waals surface area contributed by atoms with Crippen molar-refractivity contribution >= 4 is 30.2 Å². The topological polar surface area (TPSA) is 86.5 Å². The van der Waals surface area contributed by atoms with Crippen LogP contribution in [0.3, 0.4) is 0 Å². The molecule has 0 radical (unpaired) electrons. The van der Waals surface area contributed by atoms with Gasteiger partial charge < -0.3 is 10.5 Å². The third-order valence-corrected chi connectivity index (χ3v) is 12.4. The quantitative estimate of drug-likeness (QED) is 0.279. The molecule has 1 unspecified atom stereocenters. The molecule has 0 aromatic rings. The summed E-state index contributed by atoms with van der Waals surface area (Å²) in [5, 5.41) is 0. The Balaban J connectivity index is 1.41. The van der Waals surface area contributed by atoms with Gasteiger partial charge in [-0.2, -0.15) is 12.6 Å². The Kier molecular flexibility index (Phi) is 8.90. The number of thiol groups is 1. The number of hydrogen-bond acceptors (Lipinski definition) is 6. The summed E-state index contributed by atoms with van der Waals surface area (Å²) >= 11 is 4.15. The number of fused-ring (bicyclic) bond motifs is 5. The fourth-order valence-corrected chi connectivity index (χ4v) is 9.72. The molecular formula is C31H51NO4S. The first-order valence-corrected chi connectivity index (χ1v) is 15.7. The molecule has 6 heteroatoms. The second-order valence-electron chi connectivity index (χ2n) is 13.7. The van der Waals surface area contributed by atoms with E-state index in [9.17, 15) is 14.4 Å². The molecule has 210 valence electrons. The molecule has 0 aliphatic heterocycles. The molecule has 4 rings (SSSR count). The van der Waals surface area contributed by atoms with Crippen LogP contribution >= 0.6 is 12.6 Å². The number of carbonyl (C=O) groups excluding carboxylic acids is 3. The number of Topliss-reactive ketones (excluding diaryl/α,β-unsaturated/α-hetero) is 2. The van der Waals surface area contributed by atoms with E-state index in [1.165, 1.54) is 32.1 Å². The minimum absolute atomic E-state index is 0.0511. The van der Waals surface area contributed by atoms with Crippen molar-refractivity contribution in [3.63, 3.8) is 0 Å². The highest BCUT2D eigenvalue weighted by Crippen LogP contribution is 2.67. The van der Waals surface area contributed by atoms with Crippen LogP contribution in [0, 0.1) is 52.3 Å². The molecule has 11 atom stereocenters. The molecule has 0 bridgehead atoms. The van der Waals surface area contributed by atoms with Gasteiger partial charge in [0.05, 0.1) is 12.0 Å². The monoisotopic (exact) mass is 533 g/mol. The maximum atomic E-state index is 13.3. The summed E-state index contributed by atoms with van der Waals surface area (Å²) in [5.41, 5.74) is 6.39. The van der Waals surface area contributed by atoms with Crippen molar-refractivity contribution in [3.05, 3.63) is 0 Å². The molecule has 0 spiro atoms. The van der Waals surface area contributed by atoms with Gasteiger partial charge in [-0.25, -0.2) is 0 Å². The van der Waals surface area contributed by atoms with E-state index in [2.05, 4.69) is 33.4 Å². The van der Waals surface area contributed by atoms with Gasteiger partial charge in [0.15, 0.2) is 5.78 Å². The smallest absolute Gasteiger partial charge is 0.309 e. The molecule has 4 fully saturated rings. The summed E-state index contributed by atoms with van der Waals surface area (Å²) in [5.74, 6) is 3.00. The highest BCUT2D eigenvalue weighted by atomic mass is 32.1. The molecule has 5 nitrogen and oxygen atoms in total. The van der Waals surface area contributed by atoms with Crippen molar-refractivity contribution in [2.75, 3.05) is 5.75 Å². The van der Waals surface area contributed by atoms with Gasteiger partial charge in [-0.15, -0.1) is 0 Å². The number of ether oxygens (including phenoxy) is 1. The summed E-state index contributed by atoms with van der Waals surface area (Å²) < 4.78 is 6.16. The van der Waals surface area contributed by atoms with Crippen LogP contribution in [0.2, 0.25) is 0 Å². The lowest BCUT2D eigenvalue weighted by Gasteiger charge is -2.61. The maximum Gasteiger partial charge on any atom is 0.309 e. The third-order valence-electron chi connectivity index (χ3n) is 12.1. The van der Waals surface area contributed by atoms with E-state index in [1.807, 2.05) is 13.8 Å². The lowest BCUT2D eigenvalue weighted by atomic mass is 9.44. The highest BCUT2D eigenvalue weighted by molar-refractivity contribution is 7.80. The van der Waals surface area contributed by atoms with Gasteiger partial charge in [0.1, 0.15) is 11.9 Å². The largest absolute Gasteiger partial charge is 0.462 e. The lowest BCUT2D eigenvalue weighted by Crippen LogP contribution is -2.54. The zero-order valence-corrected chi connectivity index (χ0v) is 24.7. The summed E-state index contributed by atoms with van der Waals surface area (Å²) in [6.07, 6.45) is 11.1.